The van der Waals surface area contributed by atoms with Gasteiger partial charge in [0, 0.05) is 64.0 Å². The van der Waals surface area contributed by atoms with E-state index in [1.807, 2.05) is 35.4 Å². The molecule has 11 nitrogen and oxygen atoms in total. The first kappa shape index (κ1) is 26.6. The molecule has 7 rings (SSSR count). The van der Waals surface area contributed by atoms with Crippen LogP contribution in [0.25, 0.3) is 22.3 Å². The van der Waals surface area contributed by atoms with Gasteiger partial charge in [-0.2, -0.15) is 0 Å². The van der Waals surface area contributed by atoms with Gasteiger partial charge in [-0.3, -0.25) is 9.69 Å². The molecule has 1 saturated heterocycles. The number of H-pyrrole nitrogens is 1. The third-order valence-electron chi connectivity index (χ3n) is 8.42. The van der Waals surface area contributed by atoms with Gasteiger partial charge in [-0.05, 0) is 61.4 Å². The zero-order chi connectivity index (χ0) is 28.6. The van der Waals surface area contributed by atoms with E-state index in [1.165, 1.54) is 18.4 Å². The fourth-order valence-electron chi connectivity index (χ4n) is 5.76. The molecule has 4 heterocycles. The summed E-state index contributed by atoms with van der Waals surface area (Å²) in [5, 5.41) is 3.34. The van der Waals surface area contributed by atoms with Gasteiger partial charge in [-0.1, -0.05) is 6.07 Å². The molecule has 3 fully saturated rings. The lowest BCUT2D eigenvalue weighted by atomic mass is 10.1. The van der Waals surface area contributed by atoms with Crippen LogP contribution in [0, 0.1) is 11.8 Å². The minimum absolute atomic E-state index is 0.293. The SMILES string of the molecule is COc1c(-c2ccc3nc(Nc4cc(CN5CCN(C(=O)C6CC6)CC5)ccn4)[nH]c3c2)ncnc1N(C)CC1CC1. The van der Waals surface area contributed by atoms with Crippen molar-refractivity contribution < 1.29 is 9.53 Å². The van der Waals surface area contributed by atoms with Gasteiger partial charge in [0.1, 0.15) is 17.8 Å². The number of hydrogen-bond donors (Lipinski definition) is 2. The smallest absolute Gasteiger partial charge is 0.225 e. The van der Waals surface area contributed by atoms with Gasteiger partial charge >= 0.3 is 0 Å². The molecule has 1 amide bonds. The van der Waals surface area contributed by atoms with Gasteiger partial charge in [-0.15, -0.1) is 0 Å². The minimum Gasteiger partial charge on any atom is -0.491 e. The highest BCUT2D eigenvalue weighted by atomic mass is 16.5. The lowest BCUT2D eigenvalue weighted by molar-refractivity contribution is -0.134. The van der Waals surface area contributed by atoms with Gasteiger partial charge in [0.15, 0.2) is 11.6 Å². The number of anilines is 3. The Morgan fingerprint density at radius 2 is 1.90 bits per heavy atom. The maximum Gasteiger partial charge on any atom is 0.225 e. The number of ether oxygens (including phenoxy) is 1. The van der Waals surface area contributed by atoms with Crippen LogP contribution >= 0.6 is 0 Å². The summed E-state index contributed by atoms with van der Waals surface area (Å²) in [6.45, 7) is 5.20. The van der Waals surface area contributed by atoms with Crippen LogP contribution in [0.4, 0.5) is 17.6 Å². The molecule has 11 heteroatoms. The molecule has 2 N–H and O–H groups in total. The predicted octanol–water partition coefficient (Wildman–Crippen LogP) is 4.07. The number of benzene rings is 1. The molecule has 0 unspecified atom stereocenters. The summed E-state index contributed by atoms with van der Waals surface area (Å²) in [6, 6.07) is 10.1. The van der Waals surface area contributed by atoms with Gasteiger partial charge in [-0.25, -0.2) is 19.9 Å². The van der Waals surface area contributed by atoms with E-state index >= 15 is 0 Å². The van der Waals surface area contributed by atoms with Crippen LogP contribution in [0.2, 0.25) is 0 Å². The highest BCUT2D eigenvalue weighted by Crippen LogP contribution is 2.38. The van der Waals surface area contributed by atoms with Crippen LogP contribution in [0.1, 0.15) is 31.2 Å². The standard InChI is InChI=1S/C31H37N9O2/c1-38(17-20-3-4-20)29-28(42-2)27(33-19-34-29)23-7-8-24-25(16-23)36-31(35-24)37-26-15-21(9-10-32-26)18-39-11-13-40(14-12-39)30(41)22-5-6-22/h7-10,15-16,19-20,22H,3-6,11-14,17-18H2,1-2H3,(H2,32,35,36,37). The highest BCUT2D eigenvalue weighted by molar-refractivity contribution is 5.85. The van der Waals surface area contributed by atoms with Gasteiger partial charge < -0.3 is 24.8 Å². The molecule has 3 aliphatic rings. The number of rotatable bonds is 10. The molecule has 218 valence electrons. The second-order valence-electron chi connectivity index (χ2n) is 11.8. The average molecular weight is 568 g/mol. The van der Waals surface area contributed by atoms with E-state index in [2.05, 4.69) is 48.2 Å². The van der Waals surface area contributed by atoms with Crippen LogP contribution < -0.4 is 15.0 Å². The Morgan fingerprint density at radius 3 is 2.67 bits per heavy atom. The Hall–Kier alpha value is -4.25. The molecule has 0 bridgehead atoms. The third kappa shape index (κ3) is 5.74. The number of aromatic nitrogens is 5. The molecule has 3 aromatic heterocycles. The van der Waals surface area contributed by atoms with E-state index in [9.17, 15) is 4.79 Å². The van der Waals surface area contributed by atoms with Crippen molar-refractivity contribution >= 4 is 34.5 Å². The van der Waals surface area contributed by atoms with Crippen molar-refractivity contribution in [3.63, 3.8) is 0 Å². The summed E-state index contributed by atoms with van der Waals surface area (Å²) in [7, 11) is 3.73. The fourth-order valence-corrected chi connectivity index (χ4v) is 5.76. The number of carbonyl (C=O) groups excluding carboxylic acids is 1. The van der Waals surface area contributed by atoms with E-state index in [0.717, 1.165) is 92.0 Å². The molecule has 1 aliphatic heterocycles. The topological polar surface area (TPSA) is 115 Å². The molecular formula is C31H37N9O2. The molecule has 0 spiro atoms. The largest absolute Gasteiger partial charge is 0.491 e. The molecule has 2 saturated carbocycles. The molecule has 4 aromatic rings. The number of aromatic amines is 1. The Kier molecular flexibility index (Phi) is 7.10. The van der Waals surface area contributed by atoms with Crippen LogP contribution in [0.3, 0.4) is 0 Å². The number of nitrogens with zero attached hydrogens (tertiary/aromatic N) is 7. The number of hydrogen-bond acceptors (Lipinski definition) is 9. The fraction of sp³-hybridized carbons (Fsp3) is 0.452. The number of pyridine rings is 1. The monoisotopic (exact) mass is 567 g/mol. The number of fused-ring (bicyclic) bond motifs is 1. The van der Waals surface area contributed by atoms with E-state index in [1.54, 1.807) is 13.4 Å². The number of nitrogens with one attached hydrogen (secondary N) is 2. The molecule has 0 atom stereocenters. The number of imidazole rings is 1. The van der Waals surface area contributed by atoms with E-state index in [4.69, 9.17) is 9.72 Å². The summed E-state index contributed by atoms with van der Waals surface area (Å²) in [4.78, 5) is 40.7. The Morgan fingerprint density at radius 1 is 1.07 bits per heavy atom. The van der Waals surface area contributed by atoms with Gasteiger partial charge in [0.05, 0.1) is 18.1 Å². The predicted molar refractivity (Wildman–Crippen MR) is 162 cm³/mol. The van der Waals surface area contributed by atoms with Crippen molar-refractivity contribution in [1.29, 1.82) is 0 Å². The van der Waals surface area contributed by atoms with Gasteiger partial charge in [0.2, 0.25) is 11.9 Å². The van der Waals surface area contributed by atoms with Crippen molar-refractivity contribution in [3.8, 4) is 17.0 Å². The van der Waals surface area contributed by atoms with Crippen LogP contribution in [-0.2, 0) is 11.3 Å². The summed E-state index contributed by atoms with van der Waals surface area (Å²) >= 11 is 0. The minimum atomic E-state index is 0.293. The molecule has 42 heavy (non-hydrogen) atoms. The molecular weight excluding hydrogens is 530 g/mol. The second kappa shape index (κ2) is 11.2. The van der Waals surface area contributed by atoms with Crippen molar-refractivity contribution in [2.24, 2.45) is 11.8 Å². The van der Waals surface area contributed by atoms with Gasteiger partial charge in [0.25, 0.3) is 0 Å². The first-order chi connectivity index (χ1) is 20.5. The number of amides is 1. The number of piperazine rings is 1. The maximum atomic E-state index is 12.4. The lowest BCUT2D eigenvalue weighted by Crippen LogP contribution is -2.48. The van der Waals surface area contributed by atoms with E-state index in [0.29, 0.717) is 23.5 Å². The number of carbonyl (C=O) groups is 1. The van der Waals surface area contributed by atoms with Crippen LogP contribution in [0.5, 0.6) is 5.75 Å². The average Bonchev–Trinajstić information content (AvgIpc) is 3.95. The van der Waals surface area contributed by atoms with Crippen molar-refractivity contribution in [3.05, 3.63) is 48.4 Å². The van der Waals surface area contributed by atoms with Crippen molar-refractivity contribution in [2.45, 2.75) is 32.2 Å². The van der Waals surface area contributed by atoms with Crippen LogP contribution in [0.15, 0.2) is 42.9 Å². The molecule has 2 aliphatic carbocycles. The Labute approximate surface area is 245 Å². The van der Waals surface area contributed by atoms with E-state index < -0.39 is 0 Å². The Bertz CT molecular complexity index is 1590. The second-order valence-corrected chi connectivity index (χ2v) is 11.8. The first-order valence-electron chi connectivity index (χ1n) is 14.9. The first-order valence-corrected chi connectivity index (χ1v) is 14.9. The third-order valence-corrected chi connectivity index (χ3v) is 8.42. The maximum absolute atomic E-state index is 12.4. The quantitative estimate of drug-likeness (QED) is 0.293. The summed E-state index contributed by atoms with van der Waals surface area (Å²) in [6.07, 6.45) is 8.11. The zero-order valence-corrected chi connectivity index (χ0v) is 24.2. The Balaban J connectivity index is 1.04. The molecule has 0 radical (unpaired) electrons. The van der Waals surface area contributed by atoms with Crippen molar-refractivity contribution in [2.75, 3.05) is 57.1 Å². The molecule has 1 aromatic carbocycles. The lowest BCUT2D eigenvalue weighted by Gasteiger charge is -2.34. The summed E-state index contributed by atoms with van der Waals surface area (Å²) < 4.78 is 5.81. The summed E-state index contributed by atoms with van der Waals surface area (Å²) in [5.74, 6) is 4.21. The normalized spacial score (nSPS) is 17.4. The summed E-state index contributed by atoms with van der Waals surface area (Å²) in [5.41, 5.74) is 4.58. The van der Waals surface area contributed by atoms with Crippen LogP contribution in [-0.4, -0.2) is 87.5 Å². The highest BCUT2D eigenvalue weighted by Gasteiger charge is 2.34. The van der Waals surface area contributed by atoms with Crippen molar-refractivity contribution in [1.82, 2.24) is 34.7 Å². The zero-order valence-electron chi connectivity index (χ0n) is 24.2. The van der Waals surface area contributed by atoms with E-state index in [-0.39, 0.29) is 0 Å². The number of methoxy groups -OCH3 is 1.